The van der Waals surface area contributed by atoms with Gasteiger partial charge in [0, 0.05) is 19.2 Å². The number of amides is 2. The number of anilines is 1. The van der Waals surface area contributed by atoms with E-state index in [-0.39, 0.29) is 12.1 Å². The van der Waals surface area contributed by atoms with Crippen molar-refractivity contribution in [2.24, 2.45) is 0 Å². The summed E-state index contributed by atoms with van der Waals surface area (Å²) in [4.78, 5) is 19.1. The molecule has 24 heavy (non-hydrogen) atoms. The third kappa shape index (κ3) is 3.58. The molecule has 1 fully saturated rings. The summed E-state index contributed by atoms with van der Waals surface area (Å²) in [6.45, 7) is 6.49. The van der Waals surface area contributed by atoms with Gasteiger partial charge in [0.1, 0.15) is 0 Å². The first-order valence-electron chi connectivity index (χ1n) is 8.49. The Kier molecular flexibility index (Phi) is 4.83. The lowest BCUT2D eigenvalue weighted by molar-refractivity contribution is 0.184. The maximum Gasteiger partial charge on any atom is 0.322 e. The van der Waals surface area contributed by atoms with Crippen molar-refractivity contribution in [3.8, 4) is 0 Å². The van der Waals surface area contributed by atoms with E-state index in [2.05, 4.69) is 15.5 Å². The highest BCUT2D eigenvalue weighted by atomic mass is 16.5. The molecule has 2 amide bonds. The Labute approximate surface area is 142 Å². The highest BCUT2D eigenvalue weighted by Gasteiger charge is 2.30. The van der Waals surface area contributed by atoms with E-state index >= 15 is 0 Å². The molecule has 3 rings (SSSR count). The lowest BCUT2D eigenvalue weighted by atomic mass is 10.1. The molecular formula is C18H24N4O2. The fourth-order valence-electron chi connectivity index (χ4n) is 3.13. The summed E-state index contributed by atoms with van der Waals surface area (Å²) >= 11 is 0. The van der Waals surface area contributed by atoms with Crippen LogP contribution in [0.1, 0.15) is 54.6 Å². The average molecular weight is 328 g/mol. The summed E-state index contributed by atoms with van der Waals surface area (Å²) < 4.78 is 5.12. The van der Waals surface area contributed by atoms with E-state index in [9.17, 15) is 4.79 Å². The molecule has 2 aromatic rings. The number of hydrogen-bond donors (Lipinski definition) is 1. The second kappa shape index (κ2) is 7.03. The number of rotatable bonds is 2. The van der Waals surface area contributed by atoms with Gasteiger partial charge in [0.2, 0.25) is 5.89 Å². The number of nitrogens with one attached hydrogen (secondary N) is 1. The van der Waals surface area contributed by atoms with E-state index in [1.807, 2.05) is 36.9 Å². The molecule has 1 aromatic carbocycles. The van der Waals surface area contributed by atoms with Crippen LogP contribution in [-0.2, 0) is 0 Å². The molecule has 1 N–H and O–H groups in total. The summed E-state index contributed by atoms with van der Waals surface area (Å²) in [5, 5.41) is 7.10. The Bertz CT molecular complexity index is 726. The number of aryl methyl sites for hydroxylation is 3. The molecule has 6 heteroatoms. The molecule has 1 aromatic heterocycles. The number of benzene rings is 1. The summed E-state index contributed by atoms with van der Waals surface area (Å²) in [6.07, 6.45) is 4.03. The van der Waals surface area contributed by atoms with E-state index in [0.717, 1.165) is 42.5 Å². The second-order valence-corrected chi connectivity index (χ2v) is 6.48. The number of likely N-dealkylation sites (tertiary alicyclic amines) is 1. The zero-order valence-electron chi connectivity index (χ0n) is 14.5. The molecule has 6 nitrogen and oxygen atoms in total. The van der Waals surface area contributed by atoms with Gasteiger partial charge in [-0.1, -0.05) is 30.1 Å². The number of aromatic nitrogens is 2. The van der Waals surface area contributed by atoms with Gasteiger partial charge in [-0.25, -0.2) is 4.79 Å². The molecule has 0 spiro atoms. The standard InChI is InChI=1S/C18H24N4O2/c1-12-8-9-13(2)15(11-12)20-18(23)22-10-6-4-5-7-16(22)17-19-14(3)24-21-17/h8-9,11,16H,4-7,10H2,1-3H3,(H,20,23). The number of carbonyl (C=O) groups excluding carboxylic acids is 1. The van der Waals surface area contributed by atoms with Crippen LogP contribution in [0.4, 0.5) is 10.5 Å². The van der Waals surface area contributed by atoms with Crippen LogP contribution in [0.5, 0.6) is 0 Å². The van der Waals surface area contributed by atoms with Gasteiger partial charge in [0.05, 0.1) is 6.04 Å². The van der Waals surface area contributed by atoms with Gasteiger partial charge in [0.15, 0.2) is 5.82 Å². The molecule has 0 aliphatic carbocycles. The Morgan fingerprint density at radius 2 is 2.08 bits per heavy atom. The highest BCUT2D eigenvalue weighted by Crippen LogP contribution is 2.29. The van der Waals surface area contributed by atoms with Crippen LogP contribution in [0.15, 0.2) is 22.7 Å². The van der Waals surface area contributed by atoms with Crippen molar-refractivity contribution < 1.29 is 9.32 Å². The van der Waals surface area contributed by atoms with Gasteiger partial charge >= 0.3 is 6.03 Å². The lowest BCUT2D eigenvalue weighted by Gasteiger charge is -2.28. The number of hydrogen-bond acceptors (Lipinski definition) is 4. The van der Waals surface area contributed by atoms with Crippen molar-refractivity contribution in [3.63, 3.8) is 0 Å². The van der Waals surface area contributed by atoms with Crippen LogP contribution in [0.2, 0.25) is 0 Å². The van der Waals surface area contributed by atoms with Crippen LogP contribution in [0.3, 0.4) is 0 Å². The van der Waals surface area contributed by atoms with Crippen molar-refractivity contribution in [1.29, 1.82) is 0 Å². The minimum absolute atomic E-state index is 0.0990. The van der Waals surface area contributed by atoms with Crippen molar-refractivity contribution in [2.75, 3.05) is 11.9 Å². The molecule has 0 radical (unpaired) electrons. The summed E-state index contributed by atoms with van der Waals surface area (Å²) in [7, 11) is 0. The van der Waals surface area contributed by atoms with Crippen LogP contribution in [-0.4, -0.2) is 27.6 Å². The van der Waals surface area contributed by atoms with Crippen molar-refractivity contribution in [2.45, 2.75) is 52.5 Å². The summed E-state index contributed by atoms with van der Waals surface area (Å²) in [5.74, 6) is 1.13. The fraction of sp³-hybridized carbons (Fsp3) is 0.500. The highest BCUT2D eigenvalue weighted by molar-refractivity contribution is 5.90. The molecule has 1 atom stereocenters. The molecule has 0 bridgehead atoms. The second-order valence-electron chi connectivity index (χ2n) is 6.48. The van der Waals surface area contributed by atoms with E-state index in [4.69, 9.17) is 4.52 Å². The van der Waals surface area contributed by atoms with E-state index in [0.29, 0.717) is 18.3 Å². The first-order valence-corrected chi connectivity index (χ1v) is 8.49. The van der Waals surface area contributed by atoms with Crippen molar-refractivity contribution in [3.05, 3.63) is 41.0 Å². The topological polar surface area (TPSA) is 71.3 Å². The Morgan fingerprint density at radius 3 is 2.83 bits per heavy atom. The number of urea groups is 1. The molecule has 1 saturated heterocycles. The van der Waals surface area contributed by atoms with Gasteiger partial charge in [0.25, 0.3) is 0 Å². The molecule has 1 aliphatic rings. The largest absolute Gasteiger partial charge is 0.340 e. The molecule has 2 heterocycles. The Hall–Kier alpha value is -2.37. The molecule has 1 unspecified atom stereocenters. The minimum atomic E-state index is -0.130. The monoisotopic (exact) mass is 328 g/mol. The predicted molar refractivity (Wildman–Crippen MR) is 91.9 cm³/mol. The van der Waals surface area contributed by atoms with Gasteiger partial charge in [-0.3, -0.25) is 0 Å². The smallest absolute Gasteiger partial charge is 0.322 e. The lowest BCUT2D eigenvalue weighted by Crippen LogP contribution is -2.38. The first kappa shape index (κ1) is 16.5. The molecule has 1 aliphatic heterocycles. The number of carbonyl (C=O) groups is 1. The van der Waals surface area contributed by atoms with E-state index in [1.165, 1.54) is 0 Å². The maximum absolute atomic E-state index is 12.9. The van der Waals surface area contributed by atoms with Crippen molar-refractivity contribution >= 4 is 11.7 Å². The van der Waals surface area contributed by atoms with Crippen LogP contribution >= 0.6 is 0 Å². The van der Waals surface area contributed by atoms with Crippen molar-refractivity contribution in [1.82, 2.24) is 15.0 Å². The average Bonchev–Trinajstić information content (AvgIpc) is 2.83. The van der Waals surface area contributed by atoms with Gasteiger partial charge < -0.3 is 14.7 Å². The van der Waals surface area contributed by atoms with Crippen LogP contribution in [0, 0.1) is 20.8 Å². The fourth-order valence-corrected chi connectivity index (χ4v) is 3.13. The summed E-state index contributed by atoms with van der Waals surface area (Å²) in [6, 6.07) is 5.83. The predicted octanol–water partition coefficient (Wildman–Crippen LogP) is 4.14. The zero-order chi connectivity index (χ0) is 17.1. The zero-order valence-corrected chi connectivity index (χ0v) is 14.5. The Balaban J connectivity index is 1.83. The third-order valence-corrected chi connectivity index (χ3v) is 4.49. The minimum Gasteiger partial charge on any atom is -0.340 e. The van der Waals surface area contributed by atoms with Gasteiger partial charge in [-0.2, -0.15) is 4.98 Å². The maximum atomic E-state index is 12.9. The van der Waals surface area contributed by atoms with Gasteiger partial charge in [-0.15, -0.1) is 0 Å². The SMILES string of the molecule is Cc1ccc(C)c(NC(=O)N2CCCCCC2c2noc(C)n2)c1. The normalized spacial score (nSPS) is 18.3. The Morgan fingerprint density at radius 1 is 1.25 bits per heavy atom. The molecule has 0 saturated carbocycles. The van der Waals surface area contributed by atoms with E-state index < -0.39 is 0 Å². The van der Waals surface area contributed by atoms with Gasteiger partial charge in [-0.05, 0) is 43.9 Å². The van der Waals surface area contributed by atoms with Crippen LogP contribution in [0.25, 0.3) is 0 Å². The quantitative estimate of drug-likeness (QED) is 0.899. The number of nitrogens with zero attached hydrogens (tertiary/aromatic N) is 3. The first-order chi connectivity index (χ1) is 11.5. The third-order valence-electron chi connectivity index (χ3n) is 4.49. The van der Waals surface area contributed by atoms with E-state index in [1.54, 1.807) is 6.92 Å². The summed E-state index contributed by atoms with van der Waals surface area (Å²) in [5.41, 5.74) is 3.03. The van der Waals surface area contributed by atoms with Crippen LogP contribution < -0.4 is 5.32 Å². The molecular weight excluding hydrogens is 304 g/mol. The molecule has 128 valence electrons.